The standard InChI is InChI=1S/C17H19NO/c1-14-8-6-7-11-16(14)18(2)13-12-17(19)15-9-4-3-5-10-15/h3-11H,12-13H2,1-2H3. The molecular weight excluding hydrogens is 234 g/mol. The number of nitrogens with zero attached hydrogens (tertiary/aromatic N) is 1. The fourth-order valence-corrected chi connectivity index (χ4v) is 2.15. The van der Waals surface area contributed by atoms with Crippen molar-refractivity contribution in [1.82, 2.24) is 0 Å². The van der Waals surface area contributed by atoms with Crippen LogP contribution in [0.25, 0.3) is 0 Å². The van der Waals surface area contributed by atoms with E-state index in [1.54, 1.807) is 0 Å². The van der Waals surface area contributed by atoms with Crippen LogP contribution in [0.2, 0.25) is 0 Å². The fourth-order valence-electron chi connectivity index (χ4n) is 2.15. The molecule has 0 saturated carbocycles. The van der Waals surface area contributed by atoms with Gasteiger partial charge >= 0.3 is 0 Å². The van der Waals surface area contributed by atoms with Gasteiger partial charge in [0.1, 0.15) is 0 Å². The molecule has 0 aliphatic carbocycles. The Morgan fingerprint density at radius 2 is 1.63 bits per heavy atom. The van der Waals surface area contributed by atoms with Gasteiger partial charge < -0.3 is 4.90 Å². The summed E-state index contributed by atoms with van der Waals surface area (Å²) in [5.41, 5.74) is 3.21. The van der Waals surface area contributed by atoms with Gasteiger partial charge in [0.25, 0.3) is 0 Å². The zero-order chi connectivity index (χ0) is 13.7. The molecule has 0 fully saturated rings. The van der Waals surface area contributed by atoms with Crippen LogP contribution in [0, 0.1) is 6.92 Å². The van der Waals surface area contributed by atoms with Crippen LogP contribution in [0.15, 0.2) is 54.6 Å². The Bertz CT molecular complexity index is 548. The molecule has 0 N–H and O–H groups in total. The smallest absolute Gasteiger partial charge is 0.164 e. The zero-order valence-electron chi connectivity index (χ0n) is 11.5. The molecule has 0 amide bonds. The quantitative estimate of drug-likeness (QED) is 0.757. The highest BCUT2D eigenvalue weighted by molar-refractivity contribution is 5.96. The predicted octanol–water partition coefficient (Wildman–Crippen LogP) is 3.70. The third-order valence-electron chi connectivity index (χ3n) is 3.30. The van der Waals surface area contributed by atoms with Crippen LogP contribution in [0.4, 0.5) is 5.69 Å². The lowest BCUT2D eigenvalue weighted by Crippen LogP contribution is -2.21. The Morgan fingerprint density at radius 3 is 2.32 bits per heavy atom. The van der Waals surface area contributed by atoms with E-state index in [2.05, 4.69) is 24.0 Å². The van der Waals surface area contributed by atoms with Crippen LogP contribution in [0.1, 0.15) is 22.3 Å². The molecule has 2 aromatic carbocycles. The number of anilines is 1. The molecule has 0 saturated heterocycles. The number of carbonyl (C=O) groups is 1. The number of ketones is 1. The summed E-state index contributed by atoms with van der Waals surface area (Å²) in [4.78, 5) is 14.2. The van der Waals surface area contributed by atoms with Crippen LogP contribution >= 0.6 is 0 Å². The molecule has 0 bridgehead atoms. The Labute approximate surface area is 114 Å². The number of Topliss-reactive ketones (excluding diaryl/α,β-unsaturated/α-hetero) is 1. The summed E-state index contributed by atoms with van der Waals surface area (Å²) in [6.07, 6.45) is 0.537. The lowest BCUT2D eigenvalue weighted by atomic mass is 10.1. The van der Waals surface area contributed by atoms with Gasteiger partial charge in [-0.15, -0.1) is 0 Å². The van der Waals surface area contributed by atoms with Crippen LogP contribution in [0.5, 0.6) is 0 Å². The first kappa shape index (κ1) is 13.3. The first-order valence-electron chi connectivity index (χ1n) is 6.53. The number of carbonyl (C=O) groups excluding carboxylic acids is 1. The highest BCUT2D eigenvalue weighted by atomic mass is 16.1. The molecule has 0 aliphatic heterocycles. The second-order valence-electron chi connectivity index (χ2n) is 4.75. The number of benzene rings is 2. The Balaban J connectivity index is 1.96. The number of rotatable bonds is 5. The van der Waals surface area contributed by atoms with Gasteiger partial charge in [-0.2, -0.15) is 0 Å². The van der Waals surface area contributed by atoms with Crippen molar-refractivity contribution in [3.8, 4) is 0 Å². The lowest BCUT2D eigenvalue weighted by molar-refractivity contribution is 0.0985. The molecule has 0 aliphatic rings. The Kier molecular flexibility index (Phi) is 4.35. The Hall–Kier alpha value is -2.09. The third kappa shape index (κ3) is 3.44. The van der Waals surface area contributed by atoms with Gasteiger partial charge in [0.15, 0.2) is 5.78 Å². The van der Waals surface area contributed by atoms with E-state index in [-0.39, 0.29) is 5.78 Å². The lowest BCUT2D eigenvalue weighted by Gasteiger charge is -2.20. The molecule has 2 aromatic rings. The van der Waals surface area contributed by atoms with Crippen molar-refractivity contribution in [3.05, 3.63) is 65.7 Å². The van der Waals surface area contributed by atoms with E-state index in [9.17, 15) is 4.79 Å². The molecule has 2 rings (SSSR count). The minimum absolute atomic E-state index is 0.195. The normalized spacial score (nSPS) is 10.2. The largest absolute Gasteiger partial charge is 0.374 e. The summed E-state index contributed by atoms with van der Waals surface area (Å²) in [6, 6.07) is 17.7. The first-order chi connectivity index (χ1) is 9.18. The molecule has 0 atom stereocenters. The van der Waals surface area contributed by atoms with Gasteiger partial charge in [-0.25, -0.2) is 0 Å². The number of aryl methyl sites for hydroxylation is 1. The predicted molar refractivity (Wildman–Crippen MR) is 79.8 cm³/mol. The van der Waals surface area contributed by atoms with Crippen molar-refractivity contribution in [3.63, 3.8) is 0 Å². The monoisotopic (exact) mass is 253 g/mol. The minimum atomic E-state index is 0.195. The minimum Gasteiger partial charge on any atom is -0.374 e. The summed E-state index contributed by atoms with van der Waals surface area (Å²) in [6.45, 7) is 2.82. The maximum atomic E-state index is 12.0. The van der Waals surface area contributed by atoms with Crippen molar-refractivity contribution in [2.45, 2.75) is 13.3 Å². The van der Waals surface area contributed by atoms with Gasteiger partial charge in [0.05, 0.1) is 0 Å². The average molecular weight is 253 g/mol. The summed E-state index contributed by atoms with van der Waals surface area (Å²) >= 11 is 0. The molecule has 0 aromatic heterocycles. The summed E-state index contributed by atoms with van der Waals surface area (Å²) < 4.78 is 0. The van der Waals surface area contributed by atoms with Gasteiger partial charge in [-0.05, 0) is 18.6 Å². The van der Waals surface area contributed by atoms with E-state index in [1.807, 2.05) is 49.5 Å². The van der Waals surface area contributed by atoms with Gasteiger partial charge in [-0.1, -0.05) is 48.5 Å². The maximum Gasteiger partial charge on any atom is 0.164 e. The number of para-hydroxylation sites is 1. The van der Waals surface area contributed by atoms with Crippen LogP contribution in [-0.4, -0.2) is 19.4 Å². The van der Waals surface area contributed by atoms with Crippen molar-refractivity contribution in [2.75, 3.05) is 18.5 Å². The summed E-state index contributed by atoms with van der Waals surface area (Å²) in [5.74, 6) is 0.195. The molecule has 0 unspecified atom stereocenters. The number of hydrogen-bond donors (Lipinski definition) is 0. The highest BCUT2D eigenvalue weighted by Gasteiger charge is 2.08. The van der Waals surface area contributed by atoms with Crippen molar-refractivity contribution >= 4 is 11.5 Å². The number of hydrogen-bond acceptors (Lipinski definition) is 2. The van der Waals surface area contributed by atoms with Gasteiger partial charge in [0, 0.05) is 31.3 Å². The molecular formula is C17H19NO. The second kappa shape index (κ2) is 6.19. The van der Waals surface area contributed by atoms with Crippen LogP contribution in [0.3, 0.4) is 0 Å². The molecule has 2 heteroatoms. The van der Waals surface area contributed by atoms with E-state index in [0.29, 0.717) is 6.42 Å². The highest BCUT2D eigenvalue weighted by Crippen LogP contribution is 2.18. The van der Waals surface area contributed by atoms with Crippen molar-refractivity contribution in [2.24, 2.45) is 0 Å². The van der Waals surface area contributed by atoms with E-state index in [1.165, 1.54) is 11.3 Å². The van der Waals surface area contributed by atoms with Gasteiger partial charge in [0.2, 0.25) is 0 Å². The third-order valence-corrected chi connectivity index (χ3v) is 3.30. The van der Waals surface area contributed by atoms with E-state index < -0.39 is 0 Å². The van der Waals surface area contributed by atoms with E-state index >= 15 is 0 Å². The van der Waals surface area contributed by atoms with Crippen molar-refractivity contribution < 1.29 is 4.79 Å². The van der Waals surface area contributed by atoms with Crippen LogP contribution in [-0.2, 0) is 0 Å². The molecule has 2 nitrogen and oxygen atoms in total. The average Bonchev–Trinajstić information content (AvgIpc) is 2.46. The molecule has 98 valence electrons. The SMILES string of the molecule is Cc1ccccc1N(C)CCC(=O)c1ccccc1. The van der Waals surface area contributed by atoms with E-state index in [0.717, 1.165) is 12.1 Å². The maximum absolute atomic E-state index is 12.0. The zero-order valence-corrected chi connectivity index (χ0v) is 11.5. The van der Waals surface area contributed by atoms with Crippen LogP contribution < -0.4 is 4.90 Å². The topological polar surface area (TPSA) is 20.3 Å². The van der Waals surface area contributed by atoms with E-state index in [4.69, 9.17) is 0 Å². The van der Waals surface area contributed by atoms with Crippen molar-refractivity contribution in [1.29, 1.82) is 0 Å². The molecule has 0 heterocycles. The molecule has 0 spiro atoms. The van der Waals surface area contributed by atoms with Gasteiger partial charge in [-0.3, -0.25) is 4.79 Å². The fraction of sp³-hybridized carbons (Fsp3) is 0.235. The molecule has 0 radical (unpaired) electrons. The summed E-state index contributed by atoms with van der Waals surface area (Å²) in [5, 5.41) is 0. The molecule has 19 heavy (non-hydrogen) atoms. The first-order valence-corrected chi connectivity index (χ1v) is 6.53. The Morgan fingerprint density at radius 1 is 1.00 bits per heavy atom. The summed E-state index contributed by atoms with van der Waals surface area (Å²) in [7, 11) is 2.03. The second-order valence-corrected chi connectivity index (χ2v) is 4.75.